The van der Waals surface area contributed by atoms with Crippen molar-refractivity contribution in [2.45, 2.75) is 66.1 Å². The zero-order chi connectivity index (χ0) is 12.2. The Morgan fingerprint density at radius 1 is 1.00 bits per heavy atom. The second kappa shape index (κ2) is 11.2. The summed E-state index contributed by atoms with van der Waals surface area (Å²) in [7, 11) is 0. The van der Waals surface area contributed by atoms with Crippen LogP contribution in [0.5, 0.6) is 0 Å². The summed E-state index contributed by atoms with van der Waals surface area (Å²) in [6, 6.07) is 0. The van der Waals surface area contributed by atoms with Gasteiger partial charge >= 0.3 is 0 Å². The molecule has 0 spiro atoms. The van der Waals surface area contributed by atoms with Gasteiger partial charge < -0.3 is 9.47 Å². The Morgan fingerprint density at radius 2 is 1.62 bits per heavy atom. The van der Waals surface area contributed by atoms with Gasteiger partial charge in [0.25, 0.3) is 0 Å². The van der Waals surface area contributed by atoms with Gasteiger partial charge in [-0.2, -0.15) is 0 Å². The van der Waals surface area contributed by atoms with E-state index in [1.165, 1.54) is 31.3 Å². The normalized spacial score (nSPS) is 10.8. The molecule has 0 N–H and O–H groups in total. The number of hydrogen-bond acceptors (Lipinski definition) is 2. The molecule has 2 nitrogen and oxygen atoms in total. The highest BCUT2D eigenvalue weighted by atomic mass is 16.7. The number of unbranched alkanes of at least 4 members (excludes halogenated alkanes) is 3. The molecule has 0 aromatic carbocycles. The molecule has 0 heterocycles. The molecule has 0 fully saturated rings. The molecule has 0 amide bonds. The van der Waals surface area contributed by atoms with Gasteiger partial charge in [-0.25, -0.2) is 0 Å². The summed E-state index contributed by atoms with van der Waals surface area (Å²) in [5, 5.41) is 0. The van der Waals surface area contributed by atoms with E-state index in [1.54, 1.807) is 0 Å². The highest BCUT2D eigenvalue weighted by Gasteiger charge is 2.06. The van der Waals surface area contributed by atoms with Gasteiger partial charge in [-0.15, -0.1) is 0 Å². The Kier molecular flexibility index (Phi) is 10.9. The lowest BCUT2D eigenvalue weighted by atomic mass is 10.1. The molecular weight excluding hydrogens is 200 g/mol. The van der Waals surface area contributed by atoms with Gasteiger partial charge in [-0.3, -0.25) is 0 Å². The summed E-state index contributed by atoms with van der Waals surface area (Å²) >= 11 is 0. The molecule has 0 aliphatic heterocycles. The molecule has 0 saturated carbocycles. The molecule has 0 aliphatic carbocycles. The van der Waals surface area contributed by atoms with Crippen molar-refractivity contribution < 1.29 is 9.47 Å². The first-order chi connectivity index (χ1) is 7.70. The third kappa shape index (κ3) is 10.2. The second-order valence-electron chi connectivity index (χ2n) is 4.26. The number of hydrogen-bond donors (Lipinski definition) is 0. The van der Waals surface area contributed by atoms with E-state index in [-0.39, 0.29) is 6.29 Å². The van der Waals surface area contributed by atoms with E-state index in [4.69, 9.17) is 9.47 Å². The van der Waals surface area contributed by atoms with Gasteiger partial charge in [0.15, 0.2) is 6.29 Å². The minimum Gasteiger partial charge on any atom is -0.353 e. The fourth-order valence-corrected chi connectivity index (χ4v) is 1.61. The van der Waals surface area contributed by atoms with Gasteiger partial charge in [0.1, 0.15) is 0 Å². The van der Waals surface area contributed by atoms with E-state index in [2.05, 4.69) is 19.9 Å². The van der Waals surface area contributed by atoms with Crippen molar-refractivity contribution in [1.82, 2.24) is 0 Å². The average molecular weight is 228 g/mol. The van der Waals surface area contributed by atoms with Gasteiger partial charge in [0.2, 0.25) is 0 Å². The molecule has 2 heteroatoms. The molecule has 0 aliphatic rings. The molecule has 0 unspecified atom stereocenters. The van der Waals surface area contributed by atoms with Crippen LogP contribution in [0.1, 0.15) is 59.8 Å². The lowest BCUT2D eigenvalue weighted by Gasteiger charge is -2.16. The first-order valence-electron chi connectivity index (χ1n) is 6.57. The molecule has 96 valence electrons. The maximum absolute atomic E-state index is 5.49. The summed E-state index contributed by atoms with van der Waals surface area (Å²) < 4.78 is 11.0. The Bertz CT molecular complexity index is 166. The van der Waals surface area contributed by atoms with Crippen LogP contribution in [0.25, 0.3) is 0 Å². The molecule has 16 heavy (non-hydrogen) atoms. The van der Waals surface area contributed by atoms with Crippen molar-refractivity contribution in [3.63, 3.8) is 0 Å². The Balaban J connectivity index is 3.43. The van der Waals surface area contributed by atoms with Crippen LogP contribution in [0.15, 0.2) is 11.6 Å². The number of ether oxygens (including phenoxy) is 2. The van der Waals surface area contributed by atoms with Crippen molar-refractivity contribution in [3.8, 4) is 0 Å². The number of rotatable bonds is 10. The van der Waals surface area contributed by atoms with E-state index in [0.29, 0.717) is 0 Å². The minimum absolute atomic E-state index is 0.0125. The zero-order valence-corrected chi connectivity index (χ0v) is 11.4. The van der Waals surface area contributed by atoms with E-state index in [9.17, 15) is 0 Å². The smallest absolute Gasteiger partial charge is 0.157 e. The summed E-state index contributed by atoms with van der Waals surface area (Å²) in [4.78, 5) is 0. The van der Waals surface area contributed by atoms with E-state index in [1.807, 2.05) is 13.8 Å². The minimum atomic E-state index is 0.0125. The van der Waals surface area contributed by atoms with E-state index < -0.39 is 0 Å². The van der Waals surface area contributed by atoms with Crippen LogP contribution in [0.3, 0.4) is 0 Å². The lowest BCUT2D eigenvalue weighted by Crippen LogP contribution is -2.17. The zero-order valence-electron chi connectivity index (χ0n) is 11.4. The molecular formula is C14H28O2. The maximum atomic E-state index is 5.49. The third-order valence-electron chi connectivity index (χ3n) is 2.40. The van der Waals surface area contributed by atoms with Crippen LogP contribution < -0.4 is 0 Å². The second-order valence-corrected chi connectivity index (χ2v) is 4.26. The van der Waals surface area contributed by atoms with Gasteiger partial charge in [-0.1, -0.05) is 18.1 Å². The van der Waals surface area contributed by atoms with Crippen LogP contribution in [0.4, 0.5) is 0 Å². The van der Waals surface area contributed by atoms with Crippen molar-refractivity contribution >= 4 is 0 Å². The predicted octanol–water partition coefficient (Wildman–Crippen LogP) is 4.30. The van der Waals surface area contributed by atoms with Crippen LogP contribution in [-0.2, 0) is 9.47 Å². The fourth-order valence-electron chi connectivity index (χ4n) is 1.61. The van der Waals surface area contributed by atoms with Crippen molar-refractivity contribution in [2.24, 2.45) is 0 Å². The quantitative estimate of drug-likeness (QED) is 0.315. The topological polar surface area (TPSA) is 18.5 Å². The van der Waals surface area contributed by atoms with Crippen LogP contribution in [-0.4, -0.2) is 19.5 Å². The molecule has 0 aromatic heterocycles. The monoisotopic (exact) mass is 228 g/mol. The molecule has 0 rings (SSSR count). The van der Waals surface area contributed by atoms with Gasteiger partial charge in [0.05, 0.1) is 0 Å². The average Bonchev–Trinajstić information content (AvgIpc) is 2.23. The van der Waals surface area contributed by atoms with Crippen molar-refractivity contribution in [2.75, 3.05) is 13.2 Å². The molecule has 0 aromatic rings. The van der Waals surface area contributed by atoms with Crippen LogP contribution >= 0.6 is 0 Å². The van der Waals surface area contributed by atoms with Crippen molar-refractivity contribution in [1.29, 1.82) is 0 Å². The largest absolute Gasteiger partial charge is 0.353 e. The Labute approximate surface area is 101 Å². The van der Waals surface area contributed by atoms with Crippen LogP contribution in [0.2, 0.25) is 0 Å². The Hall–Kier alpha value is -0.340. The standard InChI is InChI=1S/C14H28O2/c1-5-15-14(16-6-2)12-10-8-7-9-11-13(3)4/h11,14H,5-10,12H2,1-4H3. The lowest BCUT2D eigenvalue weighted by molar-refractivity contribution is -0.140. The molecule has 0 bridgehead atoms. The highest BCUT2D eigenvalue weighted by Crippen LogP contribution is 2.10. The summed E-state index contributed by atoms with van der Waals surface area (Å²) in [5.74, 6) is 0. The molecule has 0 radical (unpaired) electrons. The summed E-state index contributed by atoms with van der Waals surface area (Å²) in [6.07, 6.45) is 8.28. The first kappa shape index (κ1) is 15.7. The summed E-state index contributed by atoms with van der Waals surface area (Å²) in [6.45, 7) is 9.81. The van der Waals surface area contributed by atoms with Gasteiger partial charge in [-0.05, 0) is 53.4 Å². The fraction of sp³-hybridized carbons (Fsp3) is 0.857. The predicted molar refractivity (Wildman–Crippen MR) is 69.6 cm³/mol. The summed E-state index contributed by atoms with van der Waals surface area (Å²) in [5.41, 5.74) is 1.42. The van der Waals surface area contributed by atoms with E-state index in [0.717, 1.165) is 19.6 Å². The number of allylic oxidation sites excluding steroid dienone is 2. The molecule has 0 atom stereocenters. The highest BCUT2D eigenvalue weighted by molar-refractivity contribution is 4.92. The first-order valence-corrected chi connectivity index (χ1v) is 6.57. The van der Waals surface area contributed by atoms with E-state index >= 15 is 0 Å². The van der Waals surface area contributed by atoms with Crippen LogP contribution in [0, 0.1) is 0 Å². The van der Waals surface area contributed by atoms with Crippen molar-refractivity contribution in [3.05, 3.63) is 11.6 Å². The molecule has 0 saturated heterocycles. The maximum Gasteiger partial charge on any atom is 0.157 e. The Morgan fingerprint density at radius 3 is 2.12 bits per heavy atom. The third-order valence-corrected chi connectivity index (χ3v) is 2.40. The van der Waals surface area contributed by atoms with Gasteiger partial charge in [0, 0.05) is 13.2 Å². The SMILES string of the molecule is CCOC(CCCCCC=C(C)C)OCC.